The molecule has 244 valence electrons. The molecule has 0 bridgehead atoms. The third-order valence-electron chi connectivity index (χ3n) is 7.88. The molecule has 2 saturated carbocycles. The molecule has 2 amide bonds. The summed E-state index contributed by atoms with van der Waals surface area (Å²) < 4.78 is 10.5. The molecule has 0 aliphatic heterocycles. The van der Waals surface area contributed by atoms with Crippen LogP contribution in [0.3, 0.4) is 0 Å². The van der Waals surface area contributed by atoms with Crippen molar-refractivity contribution in [3.8, 4) is 0 Å². The number of hydrogen-bond acceptors (Lipinski definition) is 6. The van der Waals surface area contributed by atoms with Gasteiger partial charge in [-0.05, 0) is 85.1 Å². The molecule has 0 radical (unpaired) electrons. The van der Waals surface area contributed by atoms with E-state index in [1.807, 2.05) is 65.0 Å². The van der Waals surface area contributed by atoms with Crippen LogP contribution in [0.4, 0.5) is 9.59 Å². The second-order valence-corrected chi connectivity index (χ2v) is 13.2. The summed E-state index contributed by atoms with van der Waals surface area (Å²) in [6.45, 7) is 9.73. The third kappa shape index (κ3) is 16.0. The molecular weight excluding hydrogens is 546 g/mol. The number of amides is 2. The first kappa shape index (κ1) is 36.4. The van der Waals surface area contributed by atoms with Crippen LogP contribution in [-0.4, -0.2) is 64.5 Å². The van der Waals surface area contributed by atoms with E-state index in [2.05, 4.69) is 10.6 Å². The number of aliphatic carboxylic acids is 1. The lowest BCUT2D eigenvalue weighted by Crippen LogP contribution is -2.42. The molecule has 9 heteroatoms. The van der Waals surface area contributed by atoms with Crippen LogP contribution in [0.1, 0.15) is 124 Å². The van der Waals surface area contributed by atoms with Gasteiger partial charge in [0.15, 0.2) is 0 Å². The highest BCUT2D eigenvalue weighted by atomic mass is 16.6. The van der Waals surface area contributed by atoms with Crippen molar-refractivity contribution in [2.45, 2.75) is 154 Å². The Labute approximate surface area is 259 Å². The van der Waals surface area contributed by atoms with Crippen molar-refractivity contribution in [1.29, 1.82) is 0 Å². The van der Waals surface area contributed by atoms with Gasteiger partial charge in [-0.15, -0.1) is 0 Å². The molecule has 9 nitrogen and oxygen atoms in total. The van der Waals surface area contributed by atoms with E-state index in [1.54, 1.807) is 4.90 Å². The molecule has 0 heterocycles. The number of rotatable bonds is 12. The van der Waals surface area contributed by atoms with Gasteiger partial charge in [0, 0.05) is 24.7 Å². The van der Waals surface area contributed by atoms with Gasteiger partial charge in [0.05, 0.1) is 0 Å². The fourth-order valence-electron chi connectivity index (χ4n) is 5.55. The SMILES string of the molecule is C1CCC(NC2CCCCC2)CC1.CC(C)N(CCCCC(NC(=O)OCc1ccccc1)C(=O)O)C(=O)OC(C)(C)C. The smallest absolute Gasteiger partial charge is 0.410 e. The average molecular weight is 604 g/mol. The van der Waals surface area contributed by atoms with Crippen LogP contribution in [0.2, 0.25) is 0 Å². The highest BCUT2D eigenvalue weighted by molar-refractivity contribution is 5.79. The lowest BCUT2D eigenvalue weighted by Gasteiger charge is -2.30. The van der Waals surface area contributed by atoms with Gasteiger partial charge in [0.25, 0.3) is 0 Å². The molecule has 2 aliphatic rings. The van der Waals surface area contributed by atoms with Crippen LogP contribution >= 0.6 is 0 Å². The highest BCUT2D eigenvalue weighted by Gasteiger charge is 2.25. The van der Waals surface area contributed by atoms with Crippen LogP contribution in [0.5, 0.6) is 0 Å². The predicted molar refractivity (Wildman–Crippen MR) is 170 cm³/mol. The Morgan fingerprint density at radius 2 is 1.47 bits per heavy atom. The van der Waals surface area contributed by atoms with E-state index < -0.39 is 29.8 Å². The van der Waals surface area contributed by atoms with E-state index >= 15 is 0 Å². The zero-order chi connectivity index (χ0) is 31.7. The maximum Gasteiger partial charge on any atom is 0.410 e. The van der Waals surface area contributed by atoms with Crippen LogP contribution in [-0.2, 0) is 20.9 Å². The number of benzene rings is 1. The molecule has 0 saturated heterocycles. The molecule has 1 atom stereocenters. The number of hydrogen-bond donors (Lipinski definition) is 3. The molecule has 1 aromatic rings. The molecule has 2 aliphatic carbocycles. The van der Waals surface area contributed by atoms with Crippen LogP contribution in [0.15, 0.2) is 30.3 Å². The fraction of sp³-hybridized carbons (Fsp3) is 0.735. The summed E-state index contributed by atoms with van der Waals surface area (Å²) in [5.41, 5.74) is 0.235. The number of unbranched alkanes of at least 4 members (excludes halogenated alkanes) is 1. The summed E-state index contributed by atoms with van der Waals surface area (Å²) in [5, 5.41) is 15.6. The van der Waals surface area contributed by atoms with Crippen molar-refractivity contribution in [1.82, 2.24) is 15.5 Å². The van der Waals surface area contributed by atoms with Crippen molar-refractivity contribution in [2.75, 3.05) is 6.54 Å². The zero-order valence-electron chi connectivity index (χ0n) is 27.2. The summed E-state index contributed by atoms with van der Waals surface area (Å²) in [6, 6.07) is 9.79. The molecule has 3 rings (SSSR count). The van der Waals surface area contributed by atoms with E-state index in [4.69, 9.17) is 9.47 Å². The van der Waals surface area contributed by atoms with Crippen molar-refractivity contribution >= 4 is 18.2 Å². The number of carboxylic acids is 1. The summed E-state index contributed by atoms with van der Waals surface area (Å²) in [5.74, 6) is -1.13. The normalized spacial score (nSPS) is 16.9. The molecule has 43 heavy (non-hydrogen) atoms. The quantitative estimate of drug-likeness (QED) is 0.213. The van der Waals surface area contributed by atoms with Crippen molar-refractivity contribution in [3.63, 3.8) is 0 Å². The second kappa shape index (κ2) is 19.5. The van der Waals surface area contributed by atoms with Gasteiger partial charge in [-0.2, -0.15) is 0 Å². The molecule has 2 fully saturated rings. The number of nitrogens with one attached hydrogen (secondary N) is 2. The standard InChI is InChI=1S/C22H34N2O6.C12H23N/c1-16(2)24(21(28)30-22(3,4)5)14-10-9-13-18(19(25)26)23-20(27)29-15-17-11-7-6-8-12-17;1-3-7-11(8-4-1)13-12-9-5-2-6-10-12/h6-8,11-12,16,18H,9-10,13-15H2,1-5H3,(H,23,27)(H,25,26);11-13H,1-10H2. The number of nitrogens with zero attached hydrogens (tertiary/aromatic N) is 1. The largest absolute Gasteiger partial charge is 0.480 e. The van der Waals surface area contributed by atoms with Gasteiger partial charge in [0.2, 0.25) is 0 Å². The zero-order valence-corrected chi connectivity index (χ0v) is 27.2. The minimum Gasteiger partial charge on any atom is -0.480 e. The number of ether oxygens (including phenoxy) is 2. The highest BCUT2D eigenvalue weighted by Crippen LogP contribution is 2.22. The Bertz CT molecular complexity index is 921. The number of carbonyl (C=O) groups is 3. The Morgan fingerprint density at radius 3 is 1.95 bits per heavy atom. The topological polar surface area (TPSA) is 117 Å². The third-order valence-corrected chi connectivity index (χ3v) is 7.88. The number of alkyl carbamates (subject to hydrolysis) is 1. The van der Waals surface area contributed by atoms with Crippen LogP contribution < -0.4 is 10.6 Å². The number of carbonyl (C=O) groups excluding carboxylic acids is 2. The Morgan fingerprint density at radius 1 is 0.907 bits per heavy atom. The molecule has 1 unspecified atom stereocenters. The average Bonchev–Trinajstić information content (AvgIpc) is 2.96. The summed E-state index contributed by atoms with van der Waals surface area (Å²) in [6.07, 6.45) is 14.7. The van der Waals surface area contributed by atoms with Gasteiger partial charge in [0.1, 0.15) is 18.2 Å². The van der Waals surface area contributed by atoms with Crippen LogP contribution in [0.25, 0.3) is 0 Å². The van der Waals surface area contributed by atoms with Gasteiger partial charge in [-0.25, -0.2) is 14.4 Å². The maximum absolute atomic E-state index is 12.3. The van der Waals surface area contributed by atoms with E-state index in [1.165, 1.54) is 64.2 Å². The number of carboxylic acid groups (broad SMARTS) is 1. The van der Waals surface area contributed by atoms with Gasteiger partial charge < -0.3 is 30.1 Å². The first-order chi connectivity index (χ1) is 20.4. The minimum absolute atomic E-state index is 0.0405. The Hall–Kier alpha value is -2.81. The summed E-state index contributed by atoms with van der Waals surface area (Å²) >= 11 is 0. The van der Waals surface area contributed by atoms with E-state index in [0.29, 0.717) is 19.4 Å². The minimum atomic E-state index is -1.13. The van der Waals surface area contributed by atoms with Gasteiger partial charge in [-0.3, -0.25) is 0 Å². The maximum atomic E-state index is 12.3. The monoisotopic (exact) mass is 603 g/mol. The first-order valence-corrected chi connectivity index (χ1v) is 16.4. The van der Waals surface area contributed by atoms with Crippen molar-refractivity contribution in [3.05, 3.63) is 35.9 Å². The summed E-state index contributed by atoms with van der Waals surface area (Å²) in [4.78, 5) is 37.3. The first-order valence-electron chi connectivity index (χ1n) is 16.4. The predicted octanol–water partition coefficient (Wildman–Crippen LogP) is 7.42. The fourth-order valence-corrected chi connectivity index (χ4v) is 5.55. The van der Waals surface area contributed by atoms with E-state index in [0.717, 1.165) is 17.6 Å². The van der Waals surface area contributed by atoms with Crippen LogP contribution in [0, 0.1) is 0 Å². The molecule has 0 aromatic heterocycles. The molecular formula is C34H57N3O6. The van der Waals surface area contributed by atoms with Gasteiger partial charge >= 0.3 is 18.2 Å². The van der Waals surface area contributed by atoms with Crippen molar-refractivity contribution < 1.29 is 29.0 Å². The Balaban J connectivity index is 0.000000407. The molecule has 1 aromatic carbocycles. The van der Waals surface area contributed by atoms with E-state index in [9.17, 15) is 19.5 Å². The Kier molecular flexibility index (Phi) is 16.5. The summed E-state index contributed by atoms with van der Waals surface area (Å²) in [7, 11) is 0. The lowest BCUT2D eigenvalue weighted by molar-refractivity contribution is -0.139. The molecule has 0 spiro atoms. The molecule has 3 N–H and O–H groups in total. The second-order valence-electron chi connectivity index (χ2n) is 13.2. The lowest BCUT2D eigenvalue weighted by atomic mass is 9.91. The van der Waals surface area contributed by atoms with E-state index in [-0.39, 0.29) is 19.1 Å². The van der Waals surface area contributed by atoms with Crippen molar-refractivity contribution in [2.24, 2.45) is 0 Å². The van der Waals surface area contributed by atoms with Gasteiger partial charge in [-0.1, -0.05) is 68.9 Å².